The maximum atomic E-state index is 10.7. The van der Waals surface area contributed by atoms with Crippen molar-refractivity contribution in [2.45, 2.75) is 79.1 Å². The molecule has 0 saturated carbocycles. The number of benzene rings is 8. The van der Waals surface area contributed by atoms with Gasteiger partial charge in [-0.3, -0.25) is 9.97 Å². The Bertz CT molecular complexity index is 3470. The zero-order valence-electron chi connectivity index (χ0n) is 45.2. The summed E-state index contributed by atoms with van der Waals surface area (Å²) in [5, 5.41) is 10.7. The van der Waals surface area contributed by atoms with Gasteiger partial charge in [-0.25, -0.2) is 0 Å². The average molecular weight is 1180 g/mol. The molecular formula is C71H65IrN4O. The summed E-state index contributed by atoms with van der Waals surface area (Å²) in [5.74, 6) is 1.68. The number of anilines is 4. The molecule has 5 nitrogen and oxygen atoms in total. The van der Waals surface area contributed by atoms with Crippen LogP contribution < -0.4 is 9.80 Å². The molecule has 0 spiro atoms. The van der Waals surface area contributed by atoms with Gasteiger partial charge in [0.2, 0.25) is 0 Å². The van der Waals surface area contributed by atoms with E-state index in [9.17, 15) is 5.11 Å². The molecule has 8 aromatic carbocycles. The van der Waals surface area contributed by atoms with Gasteiger partial charge in [-0.1, -0.05) is 199 Å². The Morgan fingerprint density at radius 1 is 0.403 bits per heavy atom. The first-order valence-electron chi connectivity index (χ1n) is 26.6. The van der Waals surface area contributed by atoms with Gasteiger partial charge in [0, 0.05) is 35.2 Å². The van der Waals surface area contributed by atoms with Gasteiger partial charge >= 0.3 is 20.1 Å². The second kappa shape index (κ2) is 24.0. The third-order valence-electron chi connectivity index (χ3n) is 14.2. The van der Waals surface area contributed by atoms with E-state index < -0.39 is 0 Å². The zero-order valence-corrected chi connectivity index (χ0v) is 47.6. The van der Waals surface area contributed by atoms with Crippen molar-refractivity contribution in [1.82, 2.24) is 9.97 Å². The Morgan fingerprint density at radius 2 is 0.870 bits per heavy atom. The van der Waals surface area contributed by atoms with Crippen molar-refractivity contribution < 1.29 is 25.2 Å². The molecule has 0 saturated heterocycles. The summed E-state index contributed by atoms with van der Waals surface area (Å²) in [5.41, 5.74) is 23.0. The fourth-order valence-electron chi connectivity index (χ4n) is 10.4. The third kappa shape index (κ3) is 11.6. The molecule has 77 heavy (non-hydrogen) atoms. The van der Waals surface area contributed by atoms with E-state index in [4.69, 9.17) is 0 Å². The van der Waals surface area contributed by atoms with E-state index in [0.29, 0.717) is 23.7 Å². The first-order chi connectivity index (χ1) is 36.9. The fourth-order valence-corrected chi connectivity index (χ4v) is 10.4. The molecular weight excluding hydrogens is 1120 g/mol. The molecule has 0 amide bonds. The number of phenols is 1. The number of phenolic OH excluding ortho intramolecular Hbond substituents is 1. The zero-order chi connectivity index (χ0) is 52.9. The molecule has 1 N–H and O–H groups in total. The van der Waals surface area contributed by atoms with E-state index in [1.807, 2.05) is 91.9 Å². The van der Waals surface area contributed by atoms with E-state index in [1.165, 1.54) is 66.8 Å². The summed E-state index contributed by atoms with van der Waals surface area (Å²) in [6, 6.07) is 76.5. The normalized spacial score (nSPS) is 11.9. The van der Waals surface area contributed by atoms with Gasteiger partial charge in [-0.15, -0.1) is 30.6 Å². The van der Waals surface area contributed by atoms with Crippen LogP contribution in [0.25, 0.3) is 67.0 Å². The molecule has 0 unspecified atom stereocenters. The number of para-hydroxylation sites is 3. The van der Waals surface area contributed by atoms with Crippen LogP contribution in [0.1, 0.15) is 101 Å². The number of aromatic nitrogens is 2. The summed E-state index contributed by atoms with van der Waals surface area (Å²) in [6.45, 7) is 20.3. The van der Waals surface area contributed by atoms with Crippen molar-refractivity contribution in [3.05, 3.63) is 254 Å². The molecule has 0 bridgehead atoms. The van der Waals surface area contributed by atoms with Gasteiger partial charge in [0.05, 0.1) is 5.69 Å². The molecule has 1 aliphatic rings. The molecule has 3 heterocycles. The van der Waals surface area contributed by atoms with Gasteiger partial charge in [0.15, 0.2) is 0 Å². The quantitative estimate of drug-likeness (QED) is 0.124. The molecule has 1 aliphatic heterocycles. The molecule has 384 valence electrons. The number of hydrogen-bond acceptors (Lipinski definition) is 5. The summed E-state index contributed by atoms with van der Waals surface area (Å²) in [7, 11) is 0. The monoisotopic (exact) mass is 1180 g/mol. The van der Waals surface area contributed by atoms with Crippen LogP contribution in [0.2, 0.25) is 0 Å². The molecule has 10 aromatic rings. The molecule has 0 fully saturated rings. The Labute approximate surface area is 470 Å². The largest absolute Gasteiger partial charge is 3.00 e. The summed E-state index contributed by atoms with van der Waals surface area (Å²) in [4.78, 5) is 13.5. The SMILES string of the molecule is CC(C)c1cc(-c2ccccc2)cc(C(C)C)c1-c1cc(-c2ccccn2)[c-]c(-c2ccccn2)c1.CC(C)c1cc(-c2ccccc2)cc(C(C)C)c1-c1ccc2c(c1)N(c1[c-]cccc1)[CH-]N2c1ccccc1O.[Ir+3]. The van der Waals surface area contributed by atoms with Gasteiger partial charge in [0.1, 0.15) is 5.75 Å². The minimum Gasteiger partial charge on any atom is -0.506 e. The molecule has 0 radical (unpaired) electrons. The number of hydrogen-bond donors (Lipinski definition) is 1. The van der Waals surface area contributed by atoms with Crippen molar-refractivity contribution in [3.63, 3.8) is 0 Å². The van der Waals surface area contributed by atoms with Gasteiger partial charge in [-0.05, 0) is 121 Å². The molecule has 6 heteroatoms. The Kier molecular flexibility index (Phi) is 16.8. The molecule has 11 rings (SSSR count). The predicted octanol–water partition coefficient (Wildman–Crippen LogP) is 19.4. The Balaban J connectivity index is 0.000000186. The Morgan fingerprint density at radius 3 is 1.32 bits per heavy atom. The van der Waals surface area contributed by atoms with Crippen LogP contribution in [0.4, 0.5) is 22.7 Å². The van der Waals surface area contributed by atoms with E-state index in [1.54, 1.807) is 6.07 Å². The maximum Gasteiger partial charge on any atom is 3.00 e. The van der Waals surface area contributed by atoms with Crippen molar-refractivity contribution in [3.8, 4) is 72.8 Å². The van der Waals surface area contributed by atoms with E-state index in [0.717, 1.165) is 45.3 Å². The first-order valence-corrected chi connectivity index (χ1v) is 26.6. The smallest absolute Gasteiger partial charge is 0.506 e. The van der Waals surface area contributed by atoms with Crippen LogP contribution in [-0.2, 0) is 20.1 Å². The van der Waals surface area contributed by atoms with Crippen LogP contribution in [0, 0.1) is 18.8 Å². The predicted molar refractivity (Wildman–Crippen MR) is 318 cm³/mol. The maximum absolute atomic E-state index is 10.7. The first kappa shape index (κ1) is 53.9. The summed E-state index contributed by atoms with van der Waals surface area (Å²) >= 11 is 0. The minimum atomic E-state index is 0. The summed E-state index contributed by atoms with van der Waals surface area (Å²) in [6.07, 6.45) is 3.67. The van der Waals surface area contributed by atoms with Crippen molar-refractivity contribution >= 4 is 22.7 Å². The van der Waals surface area contributed by atoms with Crippen LogP contribution in [0.5, 0.6) is 5.75 Å². The Hall–Kier alpha value is -7.89. The molecule has 0 aliphatic carbocycles. The van der Waals surface area contributed by atoms with Crippen molar-refractivity contribution in [1.29, 1.82) is 0 Å². The minimum absolute atomic E-state index is 0. The number of pyridine rings is 2. The number of nitrogens with zero attached hydrogens (tertiary/aromatic N) is 4. The van der Waals surface area contributed by atoms with Crippen LogP contribution >= 0.6 is 0 Å². The fraction of sp³-hybridized carbons (Fsp3) is 0.169. The van der Waals surface area contributed by atoms with Crippen LogP contribution in [0.15, 0.2) is 213 Å². The number of rotatable bonds is 12. The second-order valence-corrected chi connectivity index (χ2v) is 20.8. The van der Waals surface area contributed by atoms with E-state index >= 15 is 0 Å². The van der Waals surface area contributed by atoms with Crippen LogP contribution in [0.3, 0.4) is 0 Å². The molecule has 2 aromatic heterocycles. The van der Waals surface area contributed by atoms with Crippen LogP contribution in [-0.4, -0.2) is 15.1 Å². The second-order valence-electron chi connectivity index (χ2n) is 20.8. The number of aromatic hydroxyl groups is 1. The van der Waals surface area contributed by atoms with Crippen molar-refractivity contribution in [2.75, 3.05) is 9.80 Å². The van der Waals surface area contributed by atoms with E-state index in [2.05, 4.69) is 209 Å². The van der Waals surface area contributed by atoms with Gasteiger partial charge in [-0.2, -0.15) is 30.3 Å². The number of fused-ring (bicyclic) bond motifs is 1. The van der Waals surface area contributed by atoms with Crippen molar-refractivity contribution in [2.24, 2.45) is 0 Å². The standard InChI is InChI=1S/C37H34N2O.C34H31N2.Ir/c1-25(2)31-21-29(27-13-7-5-8-14-27)22-32(26(3)4)37(31)28-19-20-33-35(23-28)38(30-15-9-6-10-16-30)24-39(33)34-17-11-12-18-36(34)40;1-23(2)30-21-26(25-12-6-5-7-13-25)22-31(24(3)4)34(30)29-19-27(32-14-8-10-16-35-32)18-28(20-29)33-15-9-11-17-36-33;/h5-15,17-26,40H,1-4H3;5-17,19-24H,1-4H3;/q-2;-1;+3. The summed E-state index contributed by atoms with van der Waals surface area (Å²) < 4.78 is 0. The molecule has 0 atom stereocenters. The third-order valence-corrected chi connectivity index (χ3v) is 14.2. The van der Waals surface area contributed by atoms with Gasteiger partial charge in [0.25, 0.3) is 0 Å². The average Bonchev–Trinajstić information content (AvgIpc) is 3.92. The van der Waals surface area contributed by atoms with E-state index in [-0.39, 0.29) is 25.9 Å². The van der Waals surface area contributed by atoms with Gasteiger partial charge < -0.3 is 14.9 Å². The topological polar surface area (TPSA) is 52.5 Å².